The van der Waals surface area contributed by atoms with Crippen LogP contribution in [0, 0.1) is 0 Å². The molecule has 26 heavy (non-hydrogen) atoms. The van der Waals surface area contributed by atoms with Gasteiger partial charge in [0.2, 0.25) is 0 Å². The molecule has 8 nitrogen and oxygen atoms in total. The van der Waals surface area contributed by atoms with E-state index in [1.165, 1.54) is 24.1 Å². The lowest BCUT2D eigenvalue weighted by Gasteiger charge is -2.37. The molecule has 5 rings (SSSR count). The number of nitrogens with zero attached hydrogens (tertiary/aromatic N) is 8. The maximum absolute atomic E-state index is 4.63. The summed E-state index contributed by atoms with van der Waals surface area (Å²) in [6.07, 6.45) is 9.81. The Kier molecular flexibility index (Phi) is 3.69. The van der Waals surface area contributed by atoms with E-state index in [0.29, 0.717) is 0 Å². The lowest BCUT2D eigenvalue weighted by molar-refractivity contribution is 0.620. The molecule has 1 aliphatic carbocycles. The summed E-state index contributed by atoms with van der Waals surface area (Å²) >= 11 is 0. The fourth-order valence-electron chi connectivity index (χ4n) is 4.11. The van der Waals surface area contributed by atoms with E-state index in [4.69, 9.17) is 0 Å². The van der Waals surface area contributed by atoms with Crippen molar-refractivity contribution in [3.63, 3.8) is 0 Å². The molecule has 1 saturated heterocycles. The van der Waals surface area contributed by atoms with Gasteiger partial charge in [-0.2, -0.15) is 0 Å². The minimum absolute atomic E-state index is 0.754. The number of fused-ring (bicyclic) bond motifs is 2. The summed E-state index contributed by atoms with van der Waals surface area (Å²) < 4.78 is 2.00. The second kappa shape index (κ2) is 6.19. The van der Waals surface area contributed by atoms with E-state index in [2.05, 4.69) is 34.7 Å². The highest BCUT2D eigenvalue weighted by Crippen LogP contribution is 2.29. The van der Waals surface area contributed by atoms with Gasteiger partial charge in [0.25, 0.3) is 0 Å². The first-order valence-corrected chi connectivity index (χ1v) is 9.26. The molecule has 0 radical (unpaired) electrons. The monoisotopic (exact) mass is 350 g/mol. The summed E-state index contributed by atoms with van der Waals surface area (Å²) in [6.45, 7) is 3.70. The zero-order valence-electron chi connectivity index (χ0n) is 15.0. The number of imidazole rings is 1. The number of rotatable bonds is 2. The van der Waals surface area contributed by atoms with Crippen molar-refractivity contribution >= 4 is 22.8 Å². The number of hydrogen-bond donors (Lipinski definition) is 0. The summed E-state index contributed by atoms with van der Waals surface area (Å²) in [5, 5.41) is 0. The van der Waals surface area contributed by atoms with Crippen LogP contribution in [0.5, 0.6) is 0 Å². The predicted molar refractivity (Wildman–Crippen MR) is 99.4 cm³/mol. The average Bonchev–Trinajstić information content (AvgIpc) is 3.09. The van der Waals surface area contributed by atoms with Gasteiger partial charge in [0.05, 0.1) is 6.33 Å². The number of anilines is 2. The van der Waals surface area contributed by atoms with Gasteiger partial charge in [0, 0.05) is 44.5 Å². The molecule has 0 unspecified atom stereocenters. The topological polar surface area (TPSA) is 75.9 Å². The Bertz CT molecular complexity index is 942. The van der Waals surface area contributed by atoms with Gasteiger partial charge in [-0.15, -0.1) is 0 Å². The highest BCUT2D eigenvalue weighted by Gasteiger charge is 2.25. The lowest BCUT2D eigenvalue weighted by Crippen LogP contribution is -2.47. The second-order valence-corrected chi connectivity index (χ2v) is 7.03. The van der Waals surface area contributed by atoms with Crippen molar-refractivity contribution in [2.45, 2.75) is 25.7 Å². The van der Waals surface area contributed by atoms with Crippen LogP contribution in [0.3, 0.4) is 0 Å². The third kappa shape index (κ3) is 2.48. The fraction of sp³-hybridized carbons (Fsp3) is 0.500. The van der Waals surface area contributed by atoms with Crippen LogP contribution in [-0.2, 0) is 19.9 Å². The van der Waals surface area contributed by atoms with Gasteiger partial charge in [-0.25, -0.2) is 24.9 Å². The van der Waals surface area contributed by atoms with Gasteiger partial charge in [-0.3, -0.25) is 0 Å². The van der Waals surface area contributed by atoms with E-state index in [1.54, 1.807) is 19.0 Å². The van der Waals surface area contributed by atoms with Gasteiger partial charge in [-0.05, 0) is 25.7 Å². The van der Waals surface area contributed by atoms with Gasteiger partial charge in [0.15, 0.2) is 11.5 Å². The molecule has 3 aromatic heterocycles. The molecule has 0 saturated carbocycles. The fourth-order valence-corrected chi connectivity index (χ4v) is 4.11. The normalized spacial score (nSPS) is 17.6. The standard InChI is InChI=1S/C18H22N8/c1-24-12-23-16-15(24)18(22-11-20-16)26-8-6-25(7-9-26)17-13-4-2-3-5-14(13)19-10-21-17/h10-12H,2-9H2,1H3. The highest BCUT2D eigenvalue weighted by molar-refractivity contribution is 5.83. The van der Waals surface area contributed by atoms with Gasteiger partial charge >= 0.3 is 0 Å². The Morgan fingerprint density at radius 1 is 0.769 bits per heavy atom. The van der Waals surface area contributed by atoms with Crippen LogP contribution in [-0.4, -0.2) is 55.7 Å². The number of aryl methyl sites for hydroxylation is 2. The molecule has 4 heterocycles. The molecule has 0 spiro atoms. The van der Waals surface area contributed by atoms with E-state index in [9.17, 15) is 0 Å². The lowest BCUT2D eigenvalue weighted by atomic mass is 9.96. The zero-order chi connectivity index (χ0) is 17.5. The maximum Gasteiger partial charge on any atom is 0.182 e. The van der Waals surface area contributed by atoms with E-state index in [0.717, 1.165) is 61.8 Å². The molecule has 0 aromatic carbocycles. The van der Waals surface area contributed by atoms with E-state index in [1.807, 2.05) is 11.6 Å². The number of hydrogen-bond acceptors (Lipinski definition) is 7. The Labute approximate surface area is 151 Å². The van der Waals surface area contributed by atoms with Crippen LogP contribution in [0.25, 0.3) is 11.2 Å². The van der Waals surface area contributed by atoms with Crippen LogP contribution in [0.4, 0.5) is 11.6 Å². The van der Waals surface area contributed by atoms with Gasteiger partial charge < -0.3 is 14.4 Å². The highest BCUT2D eigenvalue weighted by atomic mass is 15.3. The third-order valence-corrected chi connectivity index (χ3v) is 5.47. The Morgan fingerprint density at radius 2 is 1.46 bits per heavy atom. The minimum atomic E-state index is 0.754. The quantitative estimate of drug-likeness (QED) is 0.691. The molecule has 0 amide bonds. The molecular weight excluding hydrogens is 328 g/mol. The van der Waals surface area contributed by atoms with Crippen molar-refractivity contribution in [2.24, 2.45) is 7.05 Å². The second-order valence-electron chi connectivity index (χ2n) is 7.03. The molecular formula is C18H22N8. The minimum Gasteiger partial charge on any atom is -0.353 e. The zero-order valence-corrected chi connectivity index (χ0v) is 15.0. The van der Waals surface area contributed by atoms with Gasteiger partial charge in [-0.1, -0.05) is 0 Å². The molecule has 0 N–H and O–H groups in total. The first kappa shape index (κ1) is 15.5. The predicted octanol–water partition coefficient (Wildman–Crippen LogP) is 1.36. The summed E-state index contributed by atoms with van der Waals surface area (Å²) in [6, 6.07) is 0. The van der Waals surface area contributed by atoms with Crippen LogP contribution in [0.1, 0.15) is 24.1 Å². The van der Waals surface area contributed by atoms with E-state index < -0.39 is 0 Å². The molecule has 134 valence electrons. The van der Waals surface area contributed by atoms with E-state index in [-0.39, 0.29) is 0 Å². The Hall–Kier alpha value is -2.77. The summed E-state index contributed by atoms with van der Waals surface area (Å²) in [7, 11) is 1.99. The molecule has 8 heteroatoms. The summed E-state index contributed by atoms with van der Waals surface area (Å²) in [4.78, 5) is 27.0. The van der Waals surface area contributed by atoms with Crippen LogP contribution in [0.2, 0.25) is 0 Å². The van der Waals surface area contributed by atoms with E-state index >= 15 is 0 Å². The van der Waals surface area contributed by atoms with Crippen LogP contribution < -0.4 is 9.80 Å². The Morgan fingerprint density at radius 3 is 2.31 bits per heavy atom. The first-order valence-electron chi connectivity index (χ1n) is 9.26. The molecule has 0 bridgehead atoms. The smallest absolute Gasteiger partial charge is 0.182 e. The molecule has 0 atom stereocenters. The third-order valence-electron chi connectivity index (χ3n) is 5.47. The largest absolute Gasteiger partial charge is 0.353 e. The van der Waals surface area contributed by atoms with Gasteiger partial charge in [0.1, 0.15) is 24.0 Å². The molecule has 2 aliphatic rings. The van der Waals surface area contributed by atoms with Crippen LogP contribution >= 0.6 is 0 Å². The molecule has 3 aromatic rings. The van der Waals surface area contributed by atoms with Crippen molar-refractivity contribution in [3.8, 4) is 0 Å². The van der Waals surface area contributed by atoms with Crippen molar-refractivity contribution in [1.82, 2.24) is 29.5 Å². The van der Waals surface area contributed by atoms with Crippen molar-refractivity contribution in [1.29, 1.82) is 0 Å². The number of piperazine rings is 1. The van der Waals surface area contributed by atoms with Crippen LogP contribution in [0.15, 0.2) is 19.0 Å². The molecule has 1 aliphatic heterocycles. The van der Waals surface area contributed by atoms with Crippen molar-refractivity contribution < 1.29 is 0 Å². The molecule has 1 fully saturated rings. The summed E-state index contributed by atoms with van der Waals surface area (Å²) in [5.41, 5.74) is 4.37. The van der Waals surface area contributed by atoms with Crippen molar-refractivity contribution in [2.75, 3.05) is 36.0 Å². The Balaban J connectivity index is 1.39. The first-order chi connectivity index (χ1) is 12.8. The SMILES string of the molecule is Cn1cnc2ncnc(N3CCN(c4ncnc5c4CCCC5)CC3)c21. The summed E-state index contributed by atoms with van der Waals surface area (Å²) in [5.74, 6) is 2.11. The van der Waals surface area contributed by atoms with Crippen molar-refractivity contribution in [3.05, 3.63) is 30.2 Å². The maximum atomic E-state index is 4.63. The number of aromatic nitrogens is 6. The average molecular weight is 350 g/mol.